The molecule has 0 unspecified atom stereocenters. The number of amides is 1. The molecule has 1 aromatic carbocycles. The van der Waals surface area contributed by atoms with Crippen LogP contribution in [0.2, 0.25) is 0 Å². The van der Waals surface area contributed by atoms with Gasteiger partial charge in [0.25, 0.3) is 5.91 Å². The third-order valence-electron chi connectivity index (χ3n) is 5.70. The maximum Gasteiger partial charge on any atom is 0.433 e. The SMILES string of the molecule is O=C(Nc1ccc(-n2nc(-c3cccnc3)cc2C(F)(F)F)cn1)c1ccc(N2CCOCC2)cc1. The van der Waals surface area contributed by atoms with Gasteiger partial charge in [-0.3, -0.25) is 9.78 Å². The Morgan fingerprint density at radius 1 is 0.972 bits per heavy atom. The van der Waals surface area contributed by atoms with Gasteiger partial charge in [0.15, 0.2) is 0 Å². The Kier molecular flexibility index (Phi) is 6.38. The highest BCUT2D eigenvalue weighted by Crippen LogP contribution is 2.34. The first-order valence-electron chi connectivity index (χ1n) is 11.2. The van der Waals surface area contributed by atoms with Crippen LogP contribution in [0, 0.1) is 0 Å². The quantitative estimate of drug-likeness (QED) is 0.442. The van der Waals surface area contributed by atoms with E-state index in [-0.39, 0.29) is 23.1 Å². The molecule has 36 heavy (non-hydrogen) atoms. The zero-order valence-corrected chi connectivity index (χ0v) is 18.9. The summed E-state index contributed by atoms with van der Waals surface area (Å²) in [5, 5.41) is 6.79. The minimum absolute atomic E-state index is 0.102. The van der Waals surface area contributed by atoms with Crippen LogP contribution in [0.1, 0.15) is 16.1 Å². The fourth-order valence-corrected chi connectivity index (χ4v) is 3.85. The van der Waals surface area contributed by atoms with Crippen LogP contribution in [-0.4, -0.2) is 52.0 Å². The number of nitrogens with one attached hydrogen (secondary N) is 1. The van der Waals surface area contributed by atoms with Gasteiger partial charge in [-0.1, -0.05) is 0 Å². The molecule has 8 nitrogen and oxygen atoms in total. The molecule has 184 valence electrons. The minimum Gasteiger partial charge on any atom is -0.378 e. The van der Waals surface area contributed by atoms with Crippen molar-refractivity contribution in [3.8, 4) is 16.9 Å². The molecular weight excluding hydrogens is 473 g/mol. The van der Waals surface area contributed by atoms with Gasteiger partial charge < -0.3 is 15.0 Å². The summed E-state index contributed by atoms with van der Waals surface area (Å²) in [5.74, 6) is -0.174. The van der Waals surface area contributed by atoms with E-state index in [0.29, 0.717) is 24.3 Å². The van der Waals surface area contributed by atoms with Crippen molar-refractivity contribution in [2.75, 3.05) is 36.5 Å². The standard InChI is InChI=1S/C25H21F3N6O2/c26-25(27,28)22-14-21(18-2-1-9-29-15-18)32-34(22)20-7-8-23(30-16-20)31-24(35)17-3-5-19(6-4-17)33-10-12-36-13-11-33/h1-9,14-16H,10-13H2,(H,30,31,35). The van der Waals surface area contributed by atoms with Crippen molar-refractivity contribution in [2.45, 2.75) is 6.18 Å². The van der Waals surface area contributed by atoms with E-state index in [1.165, 1.54) is 30.7 Å². The molecule has 0 radical (unpaired) electrons. The number of nitrogens with zero attached hydrogens (tertiary/aromatic N) is 5. The number of alkyl halides is 3. The number of ether oxygens (including phenoxy) is 1. The molecule has 5 rings (SSSR count). The maximum absolute atomic E-state index is 13.7. The molecule has 0 bridgehead atoms. The first kappa shape index (κ1) is 23.5. The second-order valence-corrected chi connectivity index (χ2v) is 8.07. The molecule has 4 heterocycles. The Morgan fingerprint density at radius 2 is 1.72 bits per heavy atom. The smallest absolute Gasteiger partial charge is 0.378 e. The fraction of sp³-hybridized carbons (Fsp3) is 0.200. The number of benzene rings is 1. The number of halogens is 3. The van der Waals surface area contributed by atoms with Gasteiger partial charge in [0, 0.05) is 42.3 Å². The largest absolute Gasteiger partial charge is 0.433 e. The number of carbonyl (C=O) groups is 1. The number of rotatable bonds is 5. The molecule has 1 fully saturated rings. The highest BCUT2D eigenvalue weighted by atomic mass is 19.4. The summed E-state index contributed by atoms with van der Waals surface area (Å²) in [7, 11) is 0. The molecule has 1 aliphatic heterocycles. The van der Waals surface area contributed by atoms with Crippen molar-refractivity contribution in [3.05, 3.63) is 84.4 Å². The first-order valence-corrected chi connectivity index (χ1v) is 11.2. The second kappa shape index (κ2) is 9.78. The third kappa shape index (κ3) is 5.05. The molecular formula is C25H21F3N6O2. The normalized spacial score (nSPS) is 14.0. The van der Waals surface area contributed by atoms with Crippen LogP contribution in [0.3, 0.4) is 0 Å². The predicted molar refractivity (Wildman–Crippen MR) is 127 cm³/mol. The Morgan fingerprint density at radius 3 is 2.36 bits per heavy atom. The molecule has 1 aliphatic rings. The van der Waals surface area contributed by atoms with Gasteiger partial charge >= 0.3 is 6.18 Å². The van der Waals surface area contributed by atoms with E-state index in [1.807, 2.05) is 12.1 Å². The van der Waals surface area contributed by atoms with Gasteiger partial charge in [-0.2, -0.15) is 18.3 Å². The third-order valence-corrected chi connectivity index (χ3v) is 5.70. The van der Waals surface area contributed by atoms with Crippen LogP contribution >= 0.6 is 0 Å². The van der Waals surface area contributed by atoms with E-state index in [0.717, 1.165) is 29.5 Å². The summed E-state index contributed by atoms with van der Waals surface area (Å²) in [4.78, 5) is 22.9. The summed E-state index contributed by atoms with van der Waals surface area (Å²) >= 11 is 0. The van der Waals surface area contributed by atoms with Crippen LogP contribution in [0.15, 0.2) is 73.2 Å². The summed E-state index contributed by atoms with van der Waals surface area (Å²) in [6, 6.07) is 14.2. The van der Waals surface area contributed by atoms with Crippen molar-refractivity contribution < 1.29 is 22.7 Å². The first-order chi connectivity index (χ1) is 17.4. The van der Waals surface area contributed by atoms with E-state index in [2.05, 4.69) is 25.3 Å². The minimum atomic E-state index is -4.63. The van der Waals surface area contributed by atoms with E-state index in [1.54, 1.807) is 24.3 Å². The van der Waals surface area contributed by atoms with Crippen LogP contribution < -0.4 is 10.2 Å². The lowest BCUT2D eigenvalue weighted by molar-refractivity contribution is -0.142. The van der Waals surface area contributed by atoms with Gasteiger partial charge in [-0.05, 0) is 54.6 Å². The average Bonchev–Trinajstić information content (AvgIpc) is 3.37. The highest BCUT2D eigenvalue weighted by Gasteiger charge is 2.36. The zero-order valence-electron chi connectivity index (χ0n) is 18.9. The molecule has 0 aliphatic carbocycles. The lowest BCUT2D eigenvalue weighted by Crippen LogP contribution is -2.36. The van der Waals surface area contributed by atoms with Gasteiger partial charge in [-0.15, -0.1) is 0 Å². The van der Waals surface area contributed by atoms with Gasteiger partial charge in [0.05, 0.1) is 30.8 Å². The number of pyridine rings is 2. The predicted octanol–water partition coefficient (Wildman–Crippen LogP) is 4.44. The van der Waals surface area contributed by atoms with E-state index in [4.69, 9.17) is 4.74 Å². The number of morpholine rings is 1. The van der Waals surface area contributed by atoms with E-state index in [9.17, 15) is 18.0 Å². The molecule has 1 amide bonds. The second-order valence-electron chi connectivity index (χ2n) is 8.07. The molecule has 1 saturated heterocycles. The average molecular weight is 494 g/mol. The Bertz CT molecular complexity index is 1330. The van der Waals surface area contributed by atoms with Crippen LogP contribution in [-0.2, 0) is 10.9 Å². The van der Waals surface area contributed by atoms with E-state index < -0.39 is 11.9 Å². The topological polar surface area (TPSA) is 85.2 Å². The van der Waals surface area contributed by atoms with Crippen molar-refractivity contribution in [2.24, 2.45) is 0 Å². The Labute approximate surface area is 204 Å². The number of anilines is 2. The number of hydrogen-bond donors (Lipinski definition) is 1. The summed E-state index contributed by atoms with van der Waals surface area (Å²) in [6.07, 6.45) is -0.433. The van der Waals surface area contributed by atoms with E-state index >= 15 is 0 Å². The summed E-state index contributed by atoms with van der Waals surface area (Å²) < 4.78 is 47.2. The fourth-order valence-electron chi connectivity index (χ4n) is 3.85. The lowest BCUT2D eigenvalue weighted by atomic mass is 10.1. The monoisotopic (exact) mass is 494 g/mol. The Balaban J connectivity index is 1.32. The maximum atomic E-state index is 13.7. The molecule has 11 heteroatoms. The molecule has 4 aromatic rings. The van der Waals surface area contributed by atoms with Crippen LogP contribution in [0.5, 0.6) is 0 Å². The number of aromatic nitrogens is 4. The van der Waals surface area contributed by atoms with Crippen LogP contribution in [0.4, 0.5) is 24.7 Å². The van der Waals surface area contributed by atoms with Crippen molar-refractivity contribution in [1.29, 1.82) is 0 Å². The molecule has 1 N–H and O–H groups in total. The summed E-state index contributed by atoms with van der Waals surface area (Å²) in [5.41, 5.74) is 1.19. The summed E-state index contributed by atoms with van der Waals surface area (Å²) in [6.45, 7) is 2.91. The van der Waals surface area contributed by atoms with Crippen molar-refractivity contribution >= 4 is 17.4 Å². The molecule has 3 aromatic heterocycles. The Hall–Kier alpha value is -4.25. The van der Waals surface area contributed by atoms with Crippen molar-refractivity contribution in [3.63, 3.8) is 0 Å². The molecule has 0 spiro atoms. The zero-order chi connectivity index (χ0) is 25.1. The number of hydrogen-bond acceptors (Lipinski definition) is 6. The highest BCUT2D eigenvalue weighted by molar-refractivity contribution is 6.03. The molecule has 0 saturated carbocycles. The van der Waals surface area contributed by atoms with Crippen LogP contribution in [0.25, 0.3) is 16.9 Å². The van der Waals surface area contributed by atoms with Gasteiger partial charge in [0.2, 0.25) is 0 Å². The van der Waals surface area contributed by atoms with Gasteiger partial charge in [0.1, 0.15) is 11.5 Å². The van der Waals surface area contributed by atoms with Gasteiger partial charge in [-0.25, -0.2) is 9.67 Å². The lowest BCUT2D eigenvalue weighted by Gasteiger charge is -2.28. The molecule has 0 atom stereocenters. The number of carbonyl (C=O) groups excluding carboxylic acids is 1. The van der Waals surface area contributed by atoms with Crippen molar-refractivity contribution in [1.82, 2.24) is 19.7 Å².